The topological polar surface area (TPSA) is 29.3 Å². The zero-order valence-corrected chi connectivity index (χ0v) is 12.2. The summed E-state index contributed by atoms with van der Waals surface area (Å²) in [6, 6.07) is 0. The van der Waals surface area contributed by atoms with Crippen LogP contribution in [0.15, 0.2) is 0 Å². The molecule has 0 aromatic carbocycles. The van der Waals surface area contributed by atoms with E-state index in [0.29, 0.717) is 5.41 Å². The fourth-order valence-corrected chi connectivity index (χ4v) is 4.54. The molecule has 0 radical (unpaired) electrons. The Morgan fingerprint density at radius 3 is 2.56 bits per heavy atom. The molecule has 2 unspecified atom stereocenters. The summed E-state index contributed by atoms with van der Waals surface area (Å²) in [5.74, 6) is 2.04. The second-order valence-electron chi connectivity index (χ2n) is 6.97. The molecule has 0 spiro atoms. The van der Waals surface area contributed by atoms with Crippen LogP contribution < -0.4 is 5.73 Å². The second-order valence-corrected chi connectivity index (χ2v) is 7.50. The van der Waals surface area contributed by atoms with Crippen molar-refractivity contribution in [1.82, 2.24) is 4.90 Å². The minimum absolute atomic E-state index is 0.480. The molecule has 1 saturated heterocycles. The van der Waals surface area contributed by atoms with Crippen LogP contribution in [-0.4, -0.2) is 29.5 Å². The van der Waals surface area contributed by atoms with E-state index in [1.165, 1.54) is 64.6 Å². The van der Waals surface area contributed by atoms with Crippen LogP contribution in [0.25, 0.3) is 0 Å². The van der Waals surface area contributed by atoms with Gasteiger partial charge in [0.05, 0.1) is 4.99 Å². The molecule has 3 aliphatic rings. The van der Waals surface area contributed by atoms with Gasteiger partial charge in [-0.3, -0.25) is 0 Å². The third kappa shape index (κ3) is 2.88. The Labute approximate surface area is 116 Å². The van der Waals surface area contributed by atoms with Crippen molar-refractivity contribution in [3.63, 3.8) is 0 Å². The highest BCUT2D eigenvalue weighted by molar-refractivity contribution is 7.80. The fraction of sp³-hybridized carbons (Fsp3) is 0.933. The number of piperidine rings is 1. The molecule has 1 aliphatic heterocycles. The lowest BCUT2D eigenvalue weighted by Gasteiger charge is -2.42. The lowest BCUT2D eigenvalue weighted by molar-refractivity contribution is 0.0730. The smallest absolute Gasteiger partial charge is 0.0733 e. The molecule has 1 heterocycles. The average Bonchev–Trinajstić information content (AvgIpc) is 3.07. The van der Waals surface area contributed by atoms with E-state index in [1.54, 1.807) is 0 Å². The number of fused-ring (bicyclic) bond motifs is 1. The van der Waals surface area contributed by atoms with Gasteiger partial charge in [-0.05, 0) is 49.5 Å². The third-order valence-corrected chi connectivity index (χ3v) is 5.59. The summed E-state index contributed by atoms with van der Waals surface area (Å²) < 4.78 is 0. The van der Waals surface area contributed by atoms with Crippen LogP contribution in [0, 0.1) is 17.3 Å². The molecule has 0 aromatic heterocycles. The molecule has 2 aliphatic carbocycles. The largest absolute Gasteiger partial charge is 0.393 e. The maximum Gasteiger partial charge on any atom is 0.0733 e. The summed E-state index contributed by atoms with van der Waals surface area (Å²) in [5, 5.41) is 0. The molecule has 3 heteroatoms. The Hall–Kier alpha value is -0.150. The van der Waals surface area contributed by atoms with E-state index in [0.717, 1.165) is 23.2 Å². The predicted molar refractivity (Wildman–Crippen MR) is 79.6 cm³/mol. The first-order valence-electron chi connectivity index (χ1n) is 7.68. The maximum absolute atomic E-state index is 5.74. The second kappa shape index (κ2) is 5.09. The van der Waals surface area contributed by atoms with E-state index in [2.05, 4.69) is 4.90 Å². The Balaban J connectivity index is 1.53. The standard InChI is InChI=1S/C15H26N2S/c16-14(18)9-15(6-7-15)11-17-8-5-12-3-1-2-4-13(12)10-17/h12-13H,1-11H2,(H2,16,18). The van der Waals surface area contributed by atoms with Crippen molar-refractivity contribution >= 4 is 17.2 Å². The number of thiocarbonyl (C=S) groups is 1. The summed E-state index contributed by atoms with van der Waals surface area (Å²) in [7, 11) is 0. The lowest BCUT2D eigenvalue weighted by Crippen LogP contribution is -2.44. The van der Waals surface area contributed by atoms with Gasteiger partial charge in [-0.2, -0.15) is 0 Å². The molecule has 0 aromatic rings. The Bertz CT molecular complexity index is 324. The summed E-state index contributed by atoms with van der Waals surface area (Å²) in [5.41, 5.74) is 6.22. The Morgan fingerprint density at radius 1 is 1.17 bits per heavy atom. The van der Waals surface area contributed by atoms with Crippen molar-refractivity contribution in [2.45, 2.75) is 51.4 Å². The van der Waals surface area contributed by atoms with Crippen molar-refractivity contribution in [1.29, 1.82) is 0 Å². The first-order chi connectivity index (χ1) is 8.67. The summed E-state index contributed by atoms with van der Waals surface area (Å²) >= 11 is 5.10. The monoisotopic (exact) mass is 266 g/mol. The molecule has 0 amide bonds. The van der Waals surface area contributed by atoms with Crippen molar-refractivity contribution in [3.05, 3.63) is 0 Å². The SMILES string of the molecule is NC(=S)CC1(CN2CCC3CCCCC3C2)CC1. The van der Waals surface area contributed by atoms with Crippen LogP contribution >= 0.6 is 12.2 Å². The summed E-state index contributed by atoms with van der Waals surface area (Å²) in [4.78, 5) is 3.44. The lowest BCUT2D eigenvalue weighted by atomic mass is 9.75. The van der Waals surface area contributed by atoms with Gasteiger partial charge in [0.2, 0.25) is 0 Å². The molecule has 3 rings (SSSR count). The maximum atomic E-state index is 5.74. The third-order valence-electron chi connectivity index (χ3n) is 5.44. The van der Waals surface area contributed by atoms with E-state index >= 15 is 0 Å². The van der Waals surface area contributed by atoms with Gasteiger partial charge in [-0.1, -0.05) is 31.5 Å². The number of hydrogen-bond donors (Lipinski definition) is 1. The molecule has 102 valence electrons. The Kier molecular flexibility index (Phi) is 3.63. The molecular formula is C15H26N2S. The number of likely N-dealkylation sites (tertiary alicyclic amines) is 1. The molecule has 2 saturated carbocycles. The highest BCUT2D eigenvalue weighted by atomic mass is 32.1. The first kappa shape index (κ1) is 12.9. The van der Waals surface area contributed by atoms with Gasteiger partial charge >= 0.3 is 0 Å². The number of nitrogens with two attached hydrogens (primary N) is 1. The van der Waals surface area contributed by atoms with E-state index in [1.807, 2.05) is 0 Å². The van der Waals surface area contributed by atoms with Crippen LogP contribution in [0.1, 0.15) is 51.4 Å². The summed E-state index contributed by atoms with van der Waals surface area (Å²) in [6.07, 6.45) is 11.0. The van der Waals surface area contributed by atoms with Gasteiger partial charge in [0.15, 0.2) is 0 Å². The van der Waals surface area contributed by atoms with E-state index in [4.69, 9.17) is 18.0 Å². The zero-order valence-electron chi connectivity index (χ0n) is 11.4. The van der Waals surface area contributed by atoms with Gasteiger partial charge in [0, 0.05) is 19.5 Å². The van der Waals surface area contributed by atoms with E-state index < -0.39 is 0 Å². The van der Waals surface area contributed by atoms with E-state index in [-0.39, 0.29) is 0 Å². The van der Waals surface area contributed by atoms with Crippen LogP contribution in [0.4, 0.5) is 0 Å². The van der Waals surface area contributed by atoms with Gasteiger partial charge < -0.3 is 10.6 Å². The van der Waals surface area contributed by atoms with Crippen molar-refractivity contribution < 1.29 is 0 Å². The van der Waals surface area contributed by atoms with Crippen LogP contribution in [0.5, 0.6) is 0 Å². The Morgan fingerprint density at radius 2 is 1.89 bits per heavy atom. The van der Waals surface area contributed by atoms with Gasteiger partial charge in [-0.15, -0.1) is 0 Å². The minimum Gasteiger partial charge on any atom is -0.393 e. The van der Waals surface area contributed by atoms with Gasteiger partial charge in [0.25, 0.3) is 0 Å². The molecule has 2 N–H and O–H groups in total. The highest BCUT2D eigenvalue weighted by Crippen LogP contribution is 2.50. The van der Waals surface area contributed by atoms with Crippen molar-refractivity contribution in [3.8, 4) is 0 Å². The fourth-order valence-electron chi connectivity index (χ4n) is 4.23. The summed E-state index contributed by atoms with van der Waals surface area (Å²) in [6.45, 7) is 3.93. The van der Waals surface area contributed by atoms with E-state index in [9.17, 15) is 0 Å². The van der Waals surface area contributed by atoms with Gasteiger partial charge in [-0.25, -0.2) is 0 Å². The van der Waals surface area contributed by atoms with Crippen LogP contribution in [-0.2, 0) is 0 Å². The zero-order chi connectivity index (χ0) is 12.6. The molecule has 0 bridgehead atoms. The first-order valence-corrected chi connectivity index (χ1v) is 8.08. The highest BCUT2D eigenvalue weighted by Gasteiger charge is 2.45. The van der Waals surface area contributed by atoms with Crippen LogP contribution in [0.3, 0.4) is 0 Å². The molecular weight excluding hydrogens is 240 g/mol. The molecule has 2 atom stereocenters. The normalized spacial score (nSPS) is 34.9. The predicted octanol–water partition coefficient (Wildman–Crippen LogP) is 2.95. The van der Waals surface area contributed by atoms with Gasteiger partial charge in [0.1, 0.15) is 0 Å². The van der Waals surface area contributed by atoms with Crippen molar-refractivity contribution in [2.75, 3.05) is 19.6 Å². The molecule has 3 fully saturated rings. The molecule has 18 heavy (non-hydrogen) atoms. The molecule has 2 nitrogen and oxygen atoms in total. The average molecular weight is 266 g/mol. The minimum atomic E-state index is 0.480. The number of rotatable bonds is 4. The number of nitrogens with zero attached hydrogens (tertiary/aromatic N) is 1. The van der Waals surface area contributed by atoms with Crippen molar-refractivity contribution in [2.24, 2.45) is 23.0 Å². The number of hydrogen-bond acceptors (Lipinski definition) is 2. The quantitative estimate of drug-likeness (QED) is 0.793. The van der Waals surface area contributed by atoms with Crippen LogP contribution in [0.2, 0.25) is 0 Å².